The first-order chi connectivity index (χ1) is 16.8. The number of para-hydroxylation sites is 1. The molecule has 4 rings (SSSR count). The van der Waals surface area contributed by atoms with E-state index in [0.717, 1.165) is 5.39 Å². The topological polar surface area (TPSA) is 138 Å². The van der Waals surface area contributed by atoms with Crippen LogP contribution >= 0.6 is 0 Å². The number of nitrogens with one attached hydrogen (secondary N) is 2. The predicted molar refractivity (Wildman–Crippen MR) is 127 cm³/mol. The van der Waals surface area contributed by atoms with Crippen LogP contribution in [0.1, 0.15) is 23.4 Å². The van der Waals surface area contributed by atoms with Crippen molar-refractivity contribution in [2.24, 2.45) is 0 Å². The summed E-state index contributed by atoms with van der Waals surface area (Å²) in [6, 6.07) is 14.7. The number of carbonyl (C=O) groups is 2. The third kappa shape index (κ3) is 4.88. The molecule has 2 aromatic carbocycles. The second kappa shape index (κ2) is 10.1. The number of piperidine rings is 1. The number of hydroxylamine groups is 1. The first-order valence-electron chi connectivity index (χ1n) is 11.1. The van der Waals surface area contributed by atoms with Crippen molar-refractivity contribution < 1.29 is 32.4 Å². The number of amides is 2. The highest BCUT2D eigenvalue weighted by atomic mass is 32.2. The van der Waals surface area contributed by atoms with Crippen molar-refractivity contribution in [2.75, 3.05) is 33.3 Å². The summed E-state index contributed by atoms with van der Waals surface area (Å²) in [4.78, 5) is 26.6. The number of hydrogen-bond acceptors (Lipinski definition) is 8. The summed E-state index contributed by atoms with van der Waals surface area (Å²) in [7, 11) is -2.23. The summed E-state index contributed by atoms with van der Waals surface area (Å²) in [6.07, 6.45) is 0.142. The van der Waals surface area contributed by atoms with Gasteiger partial charge in [0.05, 0.1) is 11.4 Å². The molecule has 10 nitrogen and oxygen atoms in total. The van der Waals surface area contributed by atoms with Crippen LogP contribution in [0.3, 0.4) is 0 Å². The predicted octanol–water partition coefficient (Wildman–Crippen LogP) is 1.99. The molecular formula is C24H27N3O7S. The summed E-state index contributed by atoms with van der Waals surface area (Å²) in [6.45, 7) is 1.19. The fourth-order valence-corrected chi connectivity index (χ4v) is 6.11. The Morgan fingerprint density at radius 3 is 2.46 bits per heavy atom. The summed E-state index contributed by atoms with van der Waals surface area (Å²) in [5.41, 5.74) is 2.17. The Kier molecular flexibility index (Phi) is 7.10. The molecule has 0 aliphatic carbocycles. The van der Waals surface area contributed by atoms with E-state index in [1.165, 1.54) is 29.7 Å². The van der Waals surface area contributed by atoms with Crippen LogP contribution in [0.15, 0.2) is 63.9 Å². The van der Waals surface area contributed by atoms with Gasteiger partial charge in [-0.15, -0.1) is 0 Å². The Labute approximate surface area is 202 Å². The van der Waals surface area contributed by atoms with Gasteiger partial charge in [-0.3, -0.25) is 14.8 Å². The Balaban J connectivity index is 1.35. The van der Waals surface area contributed by atoms with Gasteiger partial charge in [-0.05, 0) is 69.4 Å². The van der Waals surface area contributed by atoms with E-state index in [4.69, 9.17) is 9.15 Å². The van der Waals surface area contributed by atoms with Crippen molar-refractivity contribution in [3.05, 3.63) is 60.4 Å². The lowest BCUT2D eigenvalue weighted by molar-refractivity contribution is -0.133. The molecule has 2 amide bonds. The highest BCUT2D eigenvalue weighted by Crippen LogP contribution is 2.36. The Bertz CT molecular complexity index is 1280. The second-order valence-corrected chi connectivity index (χ2v) is 10.7. The Hall–Kier alpha value is -3.41. The molecule has 0 spiro atoms. The molecule has 1 saturated heterocycles. The van der Waals surface area contributed by atoms with Gasteiger partial charge in [-0.25, -0.2) is 13.9 Å². The van der Waals surface area contributed by atoms with Crippen LogP contribution in [0.4, 0.5) is 0 Å². The smallest absolute Gasteiger partial charge is 0.287 e. The SMILES string of the molecule is CN1CCC(C(=O)NO)(S(=O)(=O)c2ccc(OCCNC(=O)c3cc4ccccc4o3)cc2)CC1. The van der Waals surface area contributed by atoms with E-state index in [1.54, 1.807) is 12.1 Å². The van der Waals surface area contributed by atoms with Crippen molar-refractivity contribution in [1.29, 1.82) is 0 Å². The van der Waals surface area contributed by atoms with Crippen LogP contribution in [0.2, 0.25) is 0 Å². The molecule has 3 N–H and O–H groups in total. The number of rotatable bonds is 8. The van der Waals surface area contributed by atoms with Crippen molar-refractivity contribution in [3.8, 4) is 5.75 Å². The van der Waals surface area contributed by atoms with Crippen LogP contribution in [-0.4, -0.2) is 68.4 Å². The maximum atomic E-state index is 13.4. The summed E-state index contributed by atoms with van der Waals surface area (Å²) in [5, 5.41) is 12.8. The molecule has 186 valence electrons. The number of hydrogen-bond donors (Lipinski definition) is 3. The summed E-state index contributed by atoms with van der Waals surface area (Å²) < 4.78 is 36.1. The molecule has 35 heavy (non-hydrogen) atoms. The third-order valence-corrected chi connectivity index (χ3v) is 8.78. The van der Waals surface area contributed by atoms with E-state index in [0.29, 0.717) is 24.4 Å². The first kappa shape index (κ1) is 24.7. The van der Waals surface area contributed by atoms with Crippen LogP contribution < -0.4 is 15.5 Å². The number of fused-ring (bicyclic) bond motifs is 1. The number of ether oxygens (including phenoxy) is 1. The lowest BCUT2D eigenvalue weighted by Gasteiger charge is -2.38. The number of furan rings is 1. The number of benzene rings is 2. The summed E-state index contributed by atoms with van der Waals surface area (Å²) in [5.74, 6) is -0.676. The average Bonchev–Trinajstić information content (AvgIpc) is 3.31. The molecule has 1 fully saturated rings. The summed E-state index contributed by atoms with van der Waals surface area (Å²) >= 11 is 0. The number of carbonyl (C=O) groups excluding carboxylic acids is 2. The fraction of sp³-hybridized carbons (Fsp3) is 0.333. The lowest BCUT2D eigenvalue weighted by atomic mass is 9.95. The quantitative estimate of drug-likeness (QED) is 0.242. The first-order valence-corrected chi connectivity index (χ1v) is 12.6. The third-order valence-electron chi connectivity index (χ3n) is 6.26. The number of likely N-dealkylation sites (tertiary alicyclic amines) is 1. The van der Waals surface area contributed by atoms with E-state index in [1.807, 2.05) is 30.1 Å². The molecule has 0 bridgehead atoms. The highest BCUT2D eigenvalue weighted by molar-refractivity contribution is 7.93. The van der Waals surface area contributed by atoms with Crippen LogP contribution in [0.5, 0.6) is 5.75 Å². The van der Waals surface area contributed by atoms with Crippen molar-refractivity contribution in [1.82, 2.24) is 15.7 Å². The van der Waals surface area contributed by atoms with E-state index < -0.39 is 20.5 Å². The maximum absolute atomic E-state index is 13.4. The zero-order chi connectivity index (χ0) is 25.1. The van der Waals surface area contributed by atoms with E-state index in [9.17, 15) is 23.2 Å². The van der Waals surface area contributed by atoms with Gasteiger partial charge in [0.1, 0.15) is 17.9 Å². The van der Waals surface area contributed by atoms with Gasteiger partial charge < -0.3 is 19.4 Å². The molecule has 11 heteroatoms. The van der Waals surface area contributed by atoms with Gasteiger partial charge in [0.15, 0.2) is 20.3 Å². The van der Waals surface area contributed by atoms with Crippen molar-refractivity contribution in [3.63, 3.8) is 0 Å². The number of nitrogens with zero attached hydrogens (tertiary/aromatic N) is 1. The number of sulfone groups is 1. The normalized spacial score (nSPS) is 16.1. The van der Waals surface area contributed by atoms with Gasteiger partial charge in [-0.1, -0.05) is 18.2 Å². The van der Waals surface area contributed by atoms with Crippen molar-refractivity contribution >= 4 is 32.6 Å². The van der Waals surface area contributed by atoms with E-state index in [-0.39, 0.29) is 42.6 Å². The molecule has 1 aromatic heterocycles. The minimum absolute atomic E-state index is 0.0313. The highest BCUT2D eigenvalue weighted by Gasteiger charge is 2.52. The zero-order valence-corrected chi connectivity index (χ0v) is 20.0. The van der Waals surface area contributed by atoms with Gasteiger partial charge in [0.2, 0.25) is 0 Å². The standard InChI is InChI=1S/C24H27N3O7S/c1-27-13-10-24(11-14-27,23(29)26-30)35(31,32)19-8-6-18(7-9-19)33-15-12-25-22(28)21-16-17-4-2-3-5-20(17)34-21/h2-9,16,30H,10-15H2,1H3,(H,25,28)(H,26,29). The van der Waals surface area contributed by atoms with Gasteiger partial charge in [-0.2, -0.15) is 0 Å². The van der Waals surface area contributed by atoms with Crippen LogP contribution in [0, 0.1) is 0 Å². The van der Waals surface area contributed by atoms with Gasteiger partial charge in [0, 0.05) is 5.39 Å². The van der Waals surface area contributed by atoms with E-state index in [2.05, 4.69) is 5.32 Å². The van der Waals surface area contributed by atoms with E-state index >= 15 is 0 Å². The molecule has 3 aromatic rings. The average molecular weight is 502 g/mol. The largest absolute Gasteiger partial charge is 0.492 e. The molecule has 0 unspecified atom stereocenters. The Morgan fingerprint density at radius 1 is 1.11 bits per heavy atom. The second-order valence-electron chi connectivity index (χ2n) is 8.47. The molecule has 0 atom stereocenters. The van der Waals surface area contributed by atoms with Gasteiger partial charge in [0.25, 0.3) is 11.8 Å². The molecule has 2 heterocycles. The molecular weight excluding hydrogens is 474 g/mol. The lowest BCUT2D eigenvalue weighted by Crippen LogP contribution is -2.57. The van der Waals surface area contributed by atoms with Crippen LogP contribution in [0.25, 0.3) is 11.0 Å². The molecule has 1 aliphatic rings. The molecule has 1 aliphatic heterocycles. The fourth-order valence-electron chi connectivity index (χ4n) is 4.15. The van der Waals surface area contributed by atoms with Crippen LogP contribution in [-0.2, 0) is 14.6 Å². The molecule has 0 saturated carbocycles. The maximum Gasteiger partial charge on any atom is 0.287 e. The minimum Gasteiger partial charge on any atom is -0.492 e. The molecule has 0 radical (unpaired) electrons. The van der Waals surface area contributed by atoms with Gasteiger partial charge >= 0.3 is 0 Å². The minimum atomic E-state index is -4.08. The van der Waals surface area contributed by atoms with Crippen molar-refractivity contribution in [2.45, 2.75) is 22.5 Å². The monoisotopic (exact) mass is 501 g/mol. The zero-order valence-electron chi connectivity index (χ0n) is 19.2. The Morgan fingerprint density at radius 2 is 1.80 bits per heavy atom.